The summed E-state index contributed by atoms with van der Waals surface area (Å²) >= 11 is 0. The highest BCUT2D eigenvalue weighted by molar-refractivity contribution is 5.32. The molecule has 0 atom stereocenters. The van der Waals surface area contributed by atoms with Crippen LogP contribution in [0, 0.1) is 0 Å². The van der Waals surface area contributed by atoms with Crippen molar-refractivity contribution in [2.75, 3.05) is 50.4 Å². The first-order chi connectivity index (χ1) is 9.63. The van der Waals surface area contributed by atoms with Crippen LogP contribution in [0.15, 0.2) is 0 Å². The van der Waals surface area contributed by atoms with Crippen molar-refractivity contribution in [3.63, 3.8) is 0 Å². The van der Waals surface area contributed by atoms with Gasteiger partial charge in [0.2, 0.25) is 11.9 Å². The number of rotatable bonds is 6. The molecule has 20 heavy (non-hydrogen) atoms. The third-order valence-electron chi connectivity index (χ3n) is 2.79. The summed E-state index contributed by atoms with van der Waals surface area (Å²) < 4.78 is 10.7. The minimum atomic E-state index is -0.00185. The molecule has 8 nitrogen and oxygen atoms in total. The molecule has 0 aliphatic carbocycles. The number of aromatic nitrogens is 3. The molecule has 1 saturated heterocycles. The lowest BCUT2D eigenvalue weighted by molar-refractivity contribution is 0.0398. The molecule has 2 heterocycles. The van der Waals surface area contributed by atoms with Gasteiger partial charge in [0.15, 0.2) is 0 Å². The monoisotopic (exact) mass is 282 g/mol. The van der Waals surface area contributed by atoms with E-state index in [0.29, 0.717) is 5.95 Å². The van der Waals surface area contributed by atoms with Crippen molar-refractivity contribution >= 4 is 11.9 Å². The number of ether oxygens (including phenoxy) is 2. The lowest BCUT2D eigenvalue weighted by Gasteiger charge is -2.26. The Morgan fingerprint density at radius 2 is 2.05 bits per heavy atom. The molecule has 1 aliphatic rings. The van der Waals surface area contributed by atoms with Gasteiger partial charge in [-0.15, -0.1) is 0 Å². The van der Waals surface area contributed by atoms with Crippen LogP contribution < -0.4 is 15.8 Å². The van der Waals surface area contributed by atoms with E-state index >= 15 is 0 Å². The second-order valence-electron chi connectivity index (χ2n) is 4.85. The second kappa shape index (κ2) is 7.20. The molecule has 1 aliphatic heterocycles. The molecule has 1 aromatic heterocycles. The molecule has 0 unspecified atom stereocenters. The maximum Gasteiger partial charge on any atom is 0.323 e. The van der Waals surface area contributed by atoms with E-state index in [1.165, 1.54) is 0 Å². The lowest BCUT2D eigenvalue weighted by Crippen LogP contribution is -2.39. The van der Waals surface area contributed by atoms with Gasteiger partial charge in [0.25, 0.3) is 0 Å². The van der Waals surface area contributed by atoms with Crippen molar-refractivity contribution in [3.05, 3.63) is 0 Å². The van der Waals surface area contributed by atoms with Crippen LogP contribution in [0.25, 0.3) is 0 Å². The number of nitrogens with zero attached hydrogens (tertiary/aromatic N) is 4. The van der Waals surface area contributed by atoms with Gasteiger partial charge >= 0.3 is 6.01 Å². The van der Waals surface area contributed by atoms with Gasteiger partial charge in [-0.05, 0) is 13.8 Å². The van der Waals surface area contributed by atoms with Gasteiger partial charge in [0.05, 0.1) is 19.3 Å². The fraction of sp³-hybridized carbons (Fsp3) is 0.750. The van der Waals surface area contributed by atoms with Crippen LogP contribution >= 0.6 is 0 Å². The number of anilines is 2. The number of nitrogens with one attached hydrogen (secondary N) is 1. The van der Waals surface area contributed by atoms with Crippen LogP contribution in [-0.4, -0.2) is 65.3 Å². The second-order valence-corrected chi connectivity index (χ2v) is 4.85. The van der Waals surface area contributed by atoms with Crippen molar-refractivity contribution in [1.29, 1.82) is 0 Å². The van der Waals surface area contributed by atoms with Gasteiger partial charge in [0, 0.05) is 26.2 Å². The summed E-state index contributed by atoms with van der Waals surface area (Å²) in [5.74, 6) is 0.603. The number of morpholine rings is 1. The van der Waals surface area contributed by atoms with Gasteiger partial charge in [-0.25, -0.2) is 0 Å². The molecule has 0 saturated carbocycles. The van der Waals surface area contributed by atoms with E-state index in [2.05, 4.69) is 25.2 Å². The van der Waals surface area contributed by atoms with Crippen LogP contribution in [0.5, 0.6) is 6.01 Å². The van der Waals surface area contributed by atoms with Crippen molar-refractivity contribution in [1.82, 2.24) is 19.9 Å². The molecular weight excluding hydrogens is 260 g/mol. The van der Waals surface area contributed by atoms with E-state index < -0.39 is 0 Å². The Hall–Kier alpha value is -1.67. The van der Waals surface area contributed by atoms with Gasteiger partial charge in [-0.3, -0.25) is 4.90 Å². The molecule has 0 bridgehead atoms. The smallest absolute Gasteiger partial charge is 0.323 e. The quantitative estimate of drug-likeness (QED) is 0.751. The van der Waals surface area contributed by atoms with Gasteiger partial charge in [0.1, 0.15) is 0 Å². The number of hydrogen-bond donors (Lipinski definition) is 2. The predicted molar refractivity (Wildman–Crippen MR) is 75.8 cm³/mol. The van der Waals surface area contributed by atoms with E-state index in [1.54, 1.807) is 0 Å². The summed E-state index contributed by atoms with van der Waals surface area (Å²) in [5.41, 5.74) is 5.64. The molecule has 0 radical (unpaired) electrons. The number of hydrogen-bond acceptors (Lipinski definition) is 8. The molecule has 8 heteroatoms. The summed E-state index contributed by atoms with van der Waals surface area (Å²) in [6.45, 7) is 8.98. The zero-order valence-electron chi connectivity index (χ0n) is 12.0. The molecule has 1 aromatic rings. The third kappa shape index (κ3) is 4.78. The lowest BCUT2D eigenvalue weighted by atomic mass is 10.4. The maximum atomic E-state index is 5.64. The van der Waals surface area contributed by atoms with E-state index in [0.717, 1.165) is 39.4 Å². The molecular formula is C12H22N6O2. The van der Waals surface area contributed by atoms with Gasteiger partial charge in [-0.2, -0.15) is 15.0 Å². The van der Waals surface area contributed by atoms with Crippen molar-refractivity contribution in [2.45, 2.75) is 20.0 Å². The maximum absolute atomic E-state index is 5.64. The molecule has 2 rings (SSSR count). The van der Waals surface area contributed by atoms with E-state index in [4.69, 9.17) is 15.2 Å². The van der Waals surface area contributed by atoms with Gasteiger partial charge < -0.3 is 20.5 Å². The Labute approximate surface area is 118 Å². The Morgan fingerprint density at radius 1 is 1.30 bits per heavy atom. The predicted octanol–water partition coefficient (Wildman–Crippen LogP) is -0.0149. The zero-order valence-corrected chi connectivity index (χ0v) is 12.0. The van der Waals surface area contributed by atoms with Crippen molar-refractivity contribution in [2.24, 2.45) is 0 Å². The number of nitrogen functional groups attached to an aromatic ring is 1. The van der Waals surface area contributed by atoms with E-state index in [9.17, 15) is 0 Å². The highest BCUT2D eigenvalue weighted by atomic mass is 16.5. The molecule has 3 N–H and O–H groups in total. The number of nitrogens with two attached hydrogens (primary N) is 1. The highest BCUT2D eigenvalue weighted by Gasteiger charge is 2.10. The van der Waals surface area contributed by atoms with Crippen LogP contribution in [0.2, 0.25) is 0 Å². The molecule has 112 valence electrons. The van der Waals surface area contributed by atoms with Crippen LogP contribution in [-0.2, 0) is 4.74 Å². The van der Waals surface area contributed by atoms with Crippen molar-refractivity contribution < 1.29 is 9.47 Å². The van der Waals surface area contributed by atoms with Crippen LogP contribution in [0.4, 0.5) is 11.9 Å². The first-order valence-electron chi connectivity index (χ1n) is 6.85. The summed E-state index contributed by atoms with van der Waals surface area (Å²) in [6.07, 6.45) is -0.00185. The fourth-order valence-electron chi connectivity index (χ4n) is 1.87. The zero-order chi connectivity index (χ0) is 14.4. The van der Waals surface area contributed by atoms with E-state index in [1.807, 2.05) is 13.8 Å². The molecule has 0 aromatic carbocycles. The Bertz CT molecular complexity index is 422. The van der Waals surface area contributed by atoms with Crippen LogP contribution in [0.3, 0.4) is 0 Å². The Balaban J connectivity index is 1.83. The molecule has 0 spiro atoms. The standard InChI is InChI=1S/C12H22N6O2/c1-9(2)20-12-16-10(13)15-11(17-12)14-3-4-18-5-7-19-8-6-18/h9H,3-8H2,1-2H3,(H3,13,14,15,16,17). The average Bonchev–Trinajstić information content (AvgIpc) is 2.38. The third-order valence-corrected chi connectivity index (χ3v) is 2.79. The summed E-state index contributed by atoms with van der Waals surface area (Å²) in [4.78, 5) is 14.5. The average molecular weight is 282 g/mol. The Morgan fingerprint density at radius 3 is 2.75 bits per heavy atom. The van der Waals surface area contributed by atoms with Crippen molar-refractivity contribution in [3.8, 4) is 6.01 Å². The fourth-order valence-corrected chi connectivity index (χ4v) is 1.87. The largest absolute Gasteiger partial charge is 0.461 e. The highest BCUT2D eigenvalue weighted by Crippen LogP contribution is 2.10. The first-order valence-corrected chi connectivity index (χ1v) is 6.85. The summed E-state index contributed by atoms with van der Waals surface area (Å²) in [6, 6.07) is 0.251. The van der Waals surface area contributed by atoms with Crippen LogP contribution in [0.1, 0.15) is 13.8 Å². The summed E-state index contributed by atoms with van der Waals surface area (Å²) in [7, 11) is 0. The Kier molecular flexibility index (Phi) is 5.31. The minimum absolute atomic E-state index is 0.00185. The first kappa shape index (κ1) is 14.7. The summed E-state index contributed by atoms with van der Waals surface area (Å²) in [5, 5.41) is 3.14. The normalized spacial score (nSPS) is 16.4. The minimum Gasteiger partial charge on any atom is -0.461 e. The van der Waals surface area contributed by atoms with Gasteiger partial charge in [-0.1, -0.05) is 0 Å². The van der Waals surface area contributed by atoms with E-state index in [-0.39, 0.29) is 18.1 Å². The molecule has 0 amide bonds. The SMILES string of the molecule is CC(C)Oc1nc(N)nc(NCCN2CCOCC2)n1. The topological polar surface area (TPSA) is 98.4 Å². The molecule has 1 fully saturated rings.